The second-order valence-corrected chi connectivity index (χ2v) is 8.61. The topological polar surface area (TPSA) is 78.9 Å². The Morgan fingerprint density at radius 1 is 1.21 bits per heavy atom. The summed E-state index contributed by atoms with van der Waals surface area (Å²) in [5.74, 6) is 0.823. The van der Waals surface area contributed by atoms with E-state index < -0.39 is 0 Å². The molecule has 1 heterocycles. The largest absolute Gasteiger partial charge is 0.508 e. The number of carbonyl (C=O) groups is 2. The number of likely N-dealkylation sites (tertiary alicyclic amines) is 1. The number of unbranched alkanes of at least 4 members (excludes halogenated alkanes) is 1. The van der Waals surface area contributed by atoms with Crippen LogP contribution in [0.1, 0.15) is 63.0 Å². The first-order valence-electron chi connectivity index (χ1n) is 11.0. The standard InChI is InChI=1S/C23H34N2O4/c1-3-4-5-17-6-9-20(10-7-17)29-23(28)25-14-19(15-25)22(27)24-13-18-8-11-21(26)16(2)12-18/h8,11-12,17,19-20,26H,3-7,9-10,13-15H2,1-2H3,(H,24,27). The van der Waals surface area contributed by atoms with Gasteiger partial charge in [0.1, 0.15) is 11.9 Å². The number of ether oxygens (including phenoxy) is 1. The van der Waals surface area contributed by atoms with Gasteiger partial charge < -0.3 is 20.1 Å². The van der Waals surface area contributed by atoms with Crippen molar-refractivity contribution in [3.63, 3.8) is 0 Å². The zero-order valence-electron chi connectivity index (χ0n) is 17.7. The summed E-state index contributed by atoms with van der Waals surface area (Å²) in [6.07, 6.45) is 7.81. The quantitative estimate of drug-likeness (QED) is 0.719. The van der Waals surface area contributed by atoms with Crippen LogP contribution >= 0.6 is 0 Å². The molecule has 2 aliphatic rings. The molecule has 0 unspecified atom stereocenters. The molecule has 1 aliphatic heterocycles. The summed E-state index contributed by atoms with van der Waals surface area (Å²) in [5.41, 5.74) is 1.73. The molecular weight excluding hydrogens is 368 g/mol. The molecule has 0 bridgehead atoms. The molecule has 2 amide bonds. The van der Waals surface area contributed by atoms with E-state index in [0.29, 0.717) is 19.6 Å². The van der Waals surface area contributed by atoms with E-state index in [2.05, 4.69) is 12.2 Å². The lowest BCUT2D eigenvalue weighted by atomic mass is 9.84. The normalized spacial score (nSPS) is 22.1. The molecule has 0 aromatic heterocycles. The second kappa shape index (κ2) is 9.99. The number of amides is 2. The number of nitrogens with zero attached hydrogens (tertiary/aromatic N) is 1. The number of carbonyl (C=O) groups excluding carboxylic acids is 2. The maximum absolute atomic E-state index is 12.3. The van der Waals surface area contributed by atoms with E-state index in [1.165, 1.54) is 19.3 Å². The van der Waals surface area contributed by atoms with E-state index in [-0.39, 0.29) is 29.8 Å². The van der Waals surface area contributed by atoms with Crippen LogP contribution in [0.4, 0.5) is 4.79 Å². The number of nitrogens with one attached hydrogen (secondary N) is 1. The minimum absolute atomic E-state index is 0.0333. The van der Waals surface area contributed by atoms with Gasteiger partial charge >= 0.3 is 6.09 Å². The van der Waals surface area contributed by atoms with Crippen molar-refractivity contribution in [2.75, 3.05) is 13.1 Å². The zero-order chi connectivity index (χ0) is 20.8. The third-order valence-corrected chi connectivity index (χ3v) is 6.27. The number of phenolic OH excluding ortho intramolecular Hbond substituents is 1. The van der Waals surface area contributed by atoms with Crippen LogP contribution in [-0.2, 0) is 16.1 Å². The van der Waals surface area contributed by atoms with Gasteiger partial charge in [0.05, 0.1) is 5.92 Å². The van der Waals surface area contributed by atoms with Gasteiger partial charge in [0.2, 0.25) is 5.91 Å². The van der Waals surface area contributed by atoms with Gasteiger partial charge in [0.15, 0.2) is 0 Å². The van der Waals surface area contributed by atoms with Crippen LogP contribution in [0.5, 0.6) is 5.75 Å². The molecule has 29 heavy (non-hydrogen) atoms. The van der Waals surface area contributed by atoms with Crippen LogP contribution in [0.3, 0.4) is 0 Å². The summed E-state index contributed by atoms with van der Waals surface area (Å²) in [4.78, 5) is 26.2. The number of hydrogen-bond donors (Lipinski definition) is 2. The van der Waals surface area contributed by atoms with Crippen molar-refractivity contribution >= 4 is 12.0 Å². The predicted molar refractivity (Wildman–Crippen MR) is 112 cm³/mol. The predicted octanol–water partition coefficient (Wildman–Crippen LogP) is 4.13. The highest BCUT2D eigenvalue weighted by Crippen LogP contribution is 2.30. The summed E-state index contributed by atoms with van der Waals surface area (Å²) in [7, 11) is 0. The third-order valence-electron chi connectivity index (χ3n) is 6.27. The molecule has 1 aliphatic carbocycles. The summed E-state index contributed by atoms with van der Waals surface area (Å²) in [6.45, 7) is 5.31. The highest BCUT2D eigenvalue weighted by Gasteiger charge is 2.37. The Morgan fingerprint density at radius 3 is 2.59 bits per heavy atom. The summed E-state index contributed by atoms with van der Waals surface area (Å²) < 4.78 is 5.66. The average Bonchev–Trinajstić information content (AvgIpc) is 2.67. The maximum atomic E-state index is 12.3. The van der Waals surface area contributed by atoms with Crippen LogP contribution in [0.2, 0.25) is 0 Å². The Hall–Kier alpha value is -2.24. The van der Waals surface area contributed by atoms with Gasteiger partial charge in [-0.25, -0.2) is 4.79 Å². The fourth-order valence-corrected chi connectivity index (χ4v) is 4.20. The van der Waals surface area contributed by atoms with E-state index in [4.69, 9.17) is 4.74 Å². The molecule has 0 atom stereocenters. The van der Waals surface area contributed by atoms with E-state index in [0.717, 1.165) is 42.7 Å². The molecule has 2 N–H and O–H groups in total. The first-order chi connectivity index (χ1) is 14.0. The Labute approximate surface area is 173 Å². The van der Waals surface area contributed by atoms with Crippen LogP contribution < -0.4 is 5.32 Å². The molecule has 6 heteroatoms. The summed E-state index contributed by atoms with van der Waals surface area (Å²) in [6, 6.07) is 5.29. The highest BCUT2D eigenvalue weighted by atomic mass is 16.6. The molecule has 0 radical (unpaired) electrons. The van der Waals surface area contributed by atoms with Crippen LogP contribution in [0.15, 0.2) is 18.2 Å². The fraction of sp³-hybridized carbons (Fsp3) is 0.652. The third kappa shape index (κ3) is 5.87. The van der Waals surface area contributed by atoms with Gasteiger partial charge in [-0.1, -0.05) is 38.3 Å². The SMILES string of the molecule is CCCCC1CCC(OC(=O)N2CC(C(=O)NCc3ccc(O)c(C)c3)C2)CC1. The number of phenols is 1. The first-order valence-corrected chi connectivity index (χ1v) is 11.0. The highest BCUT2D eigenvalue weighted by molar-refractivity contribution is 5.82. The maximum Gasteiger partial charge on any atom is 0.410 e. The molecule has 6 nitrogen and oxygen atoms in total. The van der Waals surface area contributed by atoms with Gasteiger partial charge in [-0.2, -0.15) is 0 Å². The van der Waals surface area contributed by atoms with Gasteiger partial charge in [-0.05, 0) is 55.7 Å². The Bertz CT molecular complexity index is 707. The molecule has 2 fully saturated rings. The lowest BCUT2D eigenvalue weighted by Crippen LogP contribution is -2.56. The van der Waals surface area contributed by atoms with Crippen molar-refractivity contribution in [1.29, 1.82) is 0 Å². The molecule has 1 saturated carbocycles. The molecule has 0 spiro atoms. The van der Waals surface area contributed by atoms with Crippen molar-refractivity contribution in [2.45, 2.75) is 71.4 Å². The molecule has 1 aromatic rings. The van der Waals surface area contributed by atoms with Crippen molar-refractivity contribution < 1.29 is 19.4 Å². The molecular formula is C23H34N2O4. The van der Waals surface area contributed by atoms with Gasteiger partial charge in [0, 0.05) is 19.6 Å². The van der Waals surface area contributed by atoms with Crippen LogP contribution in [0, 0.1) is 18.8 Å². The van der Waals surface area contributed by atoms with Crippen molar-refractivity contribution in [2.24, 2.45) is 11.8 Å². The summed E-state index contributed by atoms with van der Waals surface area (Å²) >= 11 is 0. The van der Waals surface area contributed by atoms with Crippen molar-refractivity contribution in [1.82, 2.24) is 10.2 Å². The Kier molecular flexibility index (Phi) is 7.40. The van der Waals surface area contributed by atoms with Gasteiger partial charge in [0.25, 0.3) is 0 Å². The lowest BCUT2D eigenvalue weighted by Gasteiger charge is -2.38. The van der Waals surface area contributed by atoms with E-state index >= 15 is 0 Å². The van der Waals surface area contributed by atoms with Crippen LogP contribution in [0.25, 0.3) is 0 Å². The molecule has 3 rings (SSSR count). The number of aryl methyl sites for hydroxylation is 1. The van der Waals surface area contributed by atoms with Crippen molar-refractivity contribution in [3.8, 4) is 5.75 Å². The monoisotopic (exact) mass is 402 g/mol. The second-order valence-electron chi connectivity index (χ2n) is 8.61. The molecule has 160 valence electrons. The van der Waals surface area contributed by atoms with Crippen LogP contribution in [-0.4, -0.2) is 41.2 Å². The molecule has 1 saturated heterocycles. The van der Waals surface area contributed by atoms with Gasteiger partial charge in [-0.3, -0.25) is 4.79 Å². The fourth-order valence-electron chi connectivity index (χ4n) is 4.20. The zero-order valence-corrected chi connectivity index (χ0v) is 17.7. The number of aromatic hydroxyl groups is 1. The van der Waals surface area contributed by atoms with Gasteiger partial charge in [-0.15, -0.1) is 0 Å². The number of hydrogen-bond acceptors (Lipinski definition) is 4. The lowest BCUT2D eigenvalue weighted by molar-refractivity contribution is -0.129. The smallest absolute Gasteiger partial charge is 0.410 e. The summed E-state index contributed by atoms with van der Waals surface area (Å²) in [5, 5.41) is 12.5. The minimum Gasteiger partial charge on any atom is -0.508 e. The van der Waals surface area contributed by atoms with E-state index in [1.807, 2.05) is 13.0 Å². The van der Waals surface area contributed by atoms with Crippen molar-refractivity contribution in [3.05, 3.63) is 29.3 Å². The van der Waals surface area contributed by atoms with E-state index in [1.54, 1.807) is 17.0 Å². The number of benzene rings is 1. The molecule has 1 aromatic carbocycles. The van der Waals surface area contributed by atoms with E-state index in [9.17, 15) is 14.7 Å². The number of rotatable bonds is 7. The Balaban J connectivity index is 1.33. The first kappa shape index (κ1) is 21.5. The Morgan fingerprint density at radius 2 is 1.93 bits per heavy atom. The average molecular weight is 403 g/mol. The minimum atomic E-state index is -0.278.